The van der Waals surface area contributed by atoms with Gasteiger partial charge in [-0.3, -0.25) is 0 Å². The molecule has 1 heterocycles. The summed E-state index contributed by atoms with van der Waals surface area (Å²) in [5.74, 6) is 1.84. The van der Waals surface area contributed by atoms with Gasteiger partial charge in [0.25, 0.3) is 0 Å². The summed E-state index contributed by atoms with van der Waals surface area (Å²) in [5.41, 5.74) is 3.89. The summed E-state index contributed by atoms with van der Waals surface area (Å²) in [7, 11) is 0. The first-order valence-corrected chi connectivity index (χ1v) is 11.1. The van der Waals surface area contributed by atoms with E-state index < -0.39 is 0 Å². The summed E-state index contributed by atoms with van der Waals surface area (Å²) in [5, 5.41) is 46.4. The van der Waals surface area contributed by atoms with Crippen LogP contribution in [0.4, 0.5) is 0 Å². The van der Waals surface area contributed by atoms with E-state index in [-0.39, 0.29) is 28.7 Å². The molecule has 178 valence electrons. The van der Waals surface area contributed by atoms with Crippen molar-refractivity contribution in [3.05, 3.63) is 107 Å². The Hall–Kier alpha value is -4.58. The van der Waals surface area contributed by atoms with Crippen molar-refractivity contribution in [3.63, 3.8) is 0 Å². The summed E-state index contributed by atoms with van der Waals surface area (Å²) >= 11 is 0. The fraction of sp³-hybridized carbons (Fsp3) is 0.103. The number of aromatic hydroxyl groups is 5. The van der Waals surface area contributed by atoms with Crippen LogP contribution in [-0.2, 0) is 6.42 Å². The third-order valence-corrected chi connectivity index (χ3v) is 5.61. The van der Waals surface area contributed by atoms with Gasteiger partial charge in [0.15, 0.2) is 0 Å². The lowest BCUT2D eigenvalue weighted by Gasteiger charge is -2.25. The molecule has 0 unspecified atom stereocenters. The monoisotopic (exact) mass is 470 g/mol. The molecule has 5 N–H and O–H groups in total. The zero-order chi connectivity index (χ0) is 24.8. The van der Waals surface area contributed by atoms with Gasteiger partial charge < -0.3 is 30.3 Å². The Morgan fingerprint density at radius 1 is 0.571 bits per heavy atom. The van der Waals surface area contributed by atoms with Crippen molar-refractivity contribution in [1.29, 1.82) is 0 Å². The summed E-state index contributed by atoms with van der Waals surface area (Å²) < 4.78 is 5.68. The average Bonchev–Trinajstić information content (AvgIpc) is 2.84. The predicted octanol–water partition coefficient (Wildman–Crippen LogP) is 5.79. The van der Waals surface area contributed by atoms with E-state index >= 15 is 0 Å². The molecule has 0 aromatic heterocycles. The van der Waals surface area contributed by atoms with E-state index in [1.165, 1.54) is 6.07 Å². The highest BCUT2D eigenvalue weighted by Crippen LogP contribution is 2.34. The van der Waals surface area contributed by atoms with Crippen LogP contribution >= 0.6 is 0 Å². The van der Waals surface area contributed by atoms with E-state index in [1.807, 2.05) is 24.3 Å². The molecule has 0 amide bonds. The smallest absolute Gasteiger partial charge is 0.126 e. The van der Waals surface area contributed by atoms with E-state index in [1.54, 1.807) is 66.7 Å². The van der Waals surface area contributed by atoms with Crippen molar-refractivity contribution in [1.82, 2.24) is 0 Å². The van der Waals surface area contributed by atoms with Crippen LogP contribution in [-0.4, -0.2) is 32.1 Å². The highest BCUT2D eigenvalue weighted by Gasteiger charge is 2.21. The number of phenols is 5. The first-order chi connectivity index (χ1) is 16.9. The second-order valence-corrected chi connectivity index (χ2v) is 8.30. The molecule has 35 heavy (non-hydrogen) atoms. The van der Waals surface area contributed by atoms with Crippen LogP contribution in [0.25, 0.3) is 12.2 Å². The average molecular weight is 471 g/mol. The topological polar surface area (TPSA) is 110 Å². The van der Waals surface area contributed by atoms with Gasteiger partial charge in [-0.25, -0.2) is 0 Å². The Bertz CT molecular complexity index is 1290. The first kappa shape index (κ1) is 23.6. The van der Waals surface area contributed by atoms with Crippen molar-refractivity contribution in [3.8, 4) is 34.5 Å². The van der Waals surface area contributed by atoms with Gasteiger partial charge in [-0.15, -0.1) is 0 Å². The lowest BCUT2D eigenvalue weighted by atomic mass is 9.90. The van der Waals surface area contributed by atoms with Gasteiger partial charge in [0.05, 0.1) is 6.61 Å². The molecule has 5 rings (SSSR count). The number of benzene rings is 4. The molecule has 0 aliphatic carbocycles. The van der Waals surface area contributed by atoms with E-state index in [0.29, 0.717) is 18.1 Å². The van der Waals surface area contributed by atoms with Gasteiger partial charge in [0.2, 0.25) is 0 Å². The molecule has 1 aliphatic rings. The Morgan fingerprint density at radius 3 is 1.80 bits per heavy atom. The van der Waals surface area contributed by atoms with E-state index in [0.717, 1.165) is 28.9 Å². The summed E-state index contributed by atoms with van der Waals surface area (Å²) in [4.78, 5) is 0. The number of phenolic OH excluding ortho intramolecular Hbond substituents is 5. The molecule has 1 atom stereocenters. The number of ether oxygens (including phenoxy) is 1. The molecule has 0 spiro atoms. The van der Waals surface area contributed by atoms with Gasteiger partial charge >= 0.3 is 0 Å². The zero-order valence-corrected chi connectivity index (χ0v) is 18.9. The number of rotatable bonds is 3. The summed E-state index contributed by atoms with van der Waals surface area (Å²) in [6.45, 7) is 0.598. The third-order valence-electron chi connectivity index (χ3n) is 5.61. The fourth-order valence-corrected chi connectivity index (χ4v) is 3.81. The Balaban J connectivity index is 0.000000165. The maximum absolute atomic E-state index is 9.39. The molecule has 0 radical (unpaired) electrons. The lowest BCUT2D eigenvalue weighted by Crippen LogP contribution is -2.18. The molecule has 0 saturated carbocycles. The number of hydrogen-bond acceptors (Lipinski definition) is 6. The van der Waals surface area contributed by atoms with Crippen LogP contribution < -0.4 is 4.74 Å². The minimum atomic E-state index is 0.0235. The molecule has 0 fully saturated rings. The van der Waals surface area contributed by atoms with Crippen molar-refractivity contribution in [2.24, 2.45) is 0 Å². The van der Waals surface area contributed by atoms with Crippen molar-refractivity contribution >= 4 is 12.2 Å². The minimum absolute atomic E-state index is 0.0235. The van der Waals surface area contributed by atoms with Gasteiger partial charge in [-0.1, -0.05) is 42.5 Å². The van der Waals surface area contributed by atoms with Gasteiger partial charge in [-0.05, 0) is 71.1 Å². The van der Waals surface area contributed by atoms with Gasteiger partial charge in [-0.2, -0.15) is 0 Å². The molecular formula is C29H26O6. The molecule has 4 aromatic rings. The van der Waals surface area contributed by atoms with Crippen LogP contribution in [0.3, 0.4) is 0 Å². The second-order valence-electron chi connectivity index (χ2n) is 8.30. The highest BCUT2D eigenvalue weighted by atomic mass is 16.5. The van der Waals surface area contributed by atoms with Crippen LogP contribution in [0.1, 0.15) is 28.2 Å². The molecule has 6 heteroatoms. The van der Waals surface area contributed by atoms with Crippen LogP contribution in [0.15, 0.2) is 84.9 Å². The molecule has 4 aromatic carbocycles. The number of hydrogen-bond donors (Lipinski definition) is 5. The van der Waals surface area contributed by atoms with Crippen LogP contribution in [0.2, 0.25) is 0 Å². The summed E-state index contributed by atoms with van der Waals surface area (Å²) in [6, 6.07) is 23.6. The standard InChI is InChI=1S/C15H14O3.C14H12O3/c16-13-4-1-10(2-5-13)12-7-11-3-6-14(17)8-15(11)18-9-12;15-12-5-3-10(4-6-12)1-2-11-7-13(16)9-14(17)8-11/h1-6,8,12,16-17H,7,9H2;1-9,15-17H/b;2-1+/t12-;/m1./s1. The molecule has 6 nitrogen and oxygen atoms in total. The van der Waals surface area contributed by atoms with Crippen LogP contribution in [0, 0.1) is 0 Å². The third kappa shape index (κ3) is 6.48. The molecular weight excluding hydrogens is 444 g/mol. The normalized spacial score (nSPS) is 14.5. The SMILES string of the molecule is Oc1ccc(/C=C/c2cc(O)cc(O)c2)cc1.Oc1ccc([C@H]2COc3cc(O)ccc3C2)cc1. The van der Waals surface area contributed by atoms with Gasteiger partial charge in [0, 0.05) is 18.1 Å². The van der Waals surface area contributed by atoms with Crippen molar-refractivity contribution < 1.29 is 30.3 Å². The summed E-state index contributed by atoms with van der Waals surface area (Å²) in [6.07, 6.45) is 4.49. The fourth-order valence-electron chi connectivity index (χ4n) is 3.81. The Kier molecular flexibility index (Phi) is 7.12. The Labute approximate surface area is 203 Å². The second kappa shape index (κ2) is 10.6. The predicted molar refractivity (Wildman–Crippen MR) is 135 cm³/mol. The Morgan fingerprint density at radius 2 is 1.14 bits per heavy atom. The zero-order valence-electron chi connectivity index (χ0n) is 18.9. The lowest BCUT2D eigenvalue weighted by molar-refractivity contribution is 0.261. The van der Waals surface area contributed by atoms with Crippen LogP contribution in [0.5, 0.6) is 34.5 Å². The van der Waals surface area contributed by atoms with E-state index in [4.69, 9.17) is 9.84 Å². The van der Waals surface area contributed by atoms with E-state index in [2.05, 4.69) is 0 Å². The maximum atomic E-state index is 9.39. The van der Waals surface area contributed by atoms with E-state index in [9.17, 15) is 20.4 Å². The number of fused-ring (bicyclic) bond motifs is 1. The maximum Gasteiger partial charge on any atom is 0.126 e. The molecule has 1 aliphatic heterocycles. The largest absolute Gasteiger partial charge is 0.508 e. The van der Waals surface area contributed by atoms with Crippen molar-refractivity contribution in [2.75, 3.05) is 6.61 Å². The molecule has 0 saturated heterocycles. The first-order valence-electron chi connectivity index (χ1n) is 11.1. The highest BCUT2D eigenvalue weighted by molar-refractivity contribution is 5.71. The molecule has 0 bridgehead atoms. The van der Waals surface area contributed by atoms with Gasteiger partial charge in [0.1, 0.15) is 34.5 Å². The van der Waals surface area contributed by atoms with Crippen molar-refractivity contribution in [2.45, 2.75) is 12.3 Å². The minimum Gasteiger partial charge on any atom is -0.508 e. The quantitative estimate of drug-likeness (QED) is 0.242.